The Hall–Kier alpha value is -1.09. The Balaban J connectivity index is 3.29. The Kier molecular flexibility index (Phi) is 5.58. The summed E-state index contributed by atoms with van der Waals surface area (Å²) in [5.41, 5.74) is -0.668. The Morgan fingerprint density at radius 2 is 2.00 bits per heavy atom. The van der Waals surface area contributed by atoms with E-state index in [1.807, 2.05) is 0 Å². The van der Waals surface area contributed by atoms with Gasteiger partial charge in [-0.25, -0.2) is 17.2 Å². The van der Waals surface area contributed by atoms with Gasteiger partial charge in [0.25, 0.3) is 0 Å². The molecule has 1 aromatic rings. The lowest BCUT2D eigenvalue weighted by Crippen LogP contribution is -2.38. The van der Waals surface area contributed by atoms with Gasteiger partial charge in [-0.2, -0.15) is 4.31 Å². The van der Waals surface area contributed by atoms with Crippen molar-refractivity contribution in [2.24, 2.45) is 0 Å². The predicted octanol–water partition coefficient (Wildman–Crippen LogP) is 1.11. The number of likely N-dealkylation sites (N-methyl/N-ethyl adjacent to an activating group) is 1. The van der Waals surface area contributed by atoms with E-state index < -0.39 is 44.8 Å². The van der Waals surface area contributed by atoms with E-state index in [0.717, 1.165) is 16.4 Å². The molecule has 1 aromatic carbocycles. The molecule has 8 heteroatoms. The molecule has 1 rings (SSSR count). The maximum Gasteiger partial charge on any atom is 0.246 e. The number of rotatable bonds is 6. The smallest absolute Gasteiger partial charge is 0.246 e. The van der Waals surface area contributed by atoms with E-state index in [9.17, 15) is 17.2 Å². The lowest BCUT2D eigenvalue weighted by Gasteiger charge is -2.24. The molecule has 0 aromatic heterocycles. The fraction of sp³-hybridized carbons (Fsp3) is 0.500. The van der Waals surface area contributed by atoms with Gasteiger partial charge in [0.1, 0.15) is 10.7 Å². The number of aliphatic hydroxyl groups excluding tert-OH is 1. The van der Waals surface area contributed by atoms with Crippen LogP contribution in [-0.2, 0) is 21.4 Å². The summed E-state index contributed by atoms with van der Waals surface area (Å²) < 4.78 is 57.6. The number of benzene rings is 1. The van der Waals surface area contributed by atoms with Crippen molar-refractivity contribution < 1.29 is 27.0 Å². The van der Waals surface area contributed by atoms with Crippen molar-refractivity contribution in [2.75, 3.05) is 20.8 Å². The first-order chi connectivity index (χ1) is 9.27. The van der Waals surface area contributed by atoms with Crippen LogP contribution < -0.4 is 0 Å². The molecule has 0 amide bonds. The van der Waals surface area contributed by atoms with Crippen molar-refractivity contribution in [3.63, 3.8) is 0 Å². The maximum absolute atomic E-state index is 14.0. The highest BCUT2D eigenvalue weighted by atomic mass is 32.2. The summed E-state index contributed by atoms with van der Waals surface area (Å²) >= 11 is 0. The van der Waals surface area contributed by atoms with Crippen LogP contribution in [0.1, 0.15) is 12.5 Å². The van der Waals surface area contributed by atoms with Crippen LogP contribution in [0.4, 0.5) is 8.78 Å². The first kappa shape index (κ1) is 17.0. The van der Waals surface area contributed by atoms with E-state index in [1.165, 1.54) is 14.2 Å². The zero-order chi connectivity index (χ0) is 15.5. The van der Waals surface area contributed by atoms with E-state index in [-0.39, 0.29) is 6.61 Å². The molecule has 114 valence electrons. The third-order valence-electron chi connectivity index (χ3n) is 2.99. The number of hydrogen-bond donors (Lipinski definition) is 1. The van der Waals surface area contributed by atoms with Crippen LogP contribution in [0, 0.1) is 11.6 Å². The Bertz CT molecular complexity index is 577. The zero-order valence-electron chi connectivity index (χ0n) is 11.4. The monoisotopic (exact) mass is 309 g/mol. The second kappa shape index (κ2) is 6.57. The molecule has 0 aliphatic carbocycles. The molecule has 0 aliphatic heterocycles. The van der Waals surface area contributed by atoms with E-state index in [4.69, 9.17) is 9.84 Å². The van der Waals surface area contributed by atoms with Crippen LogP contribution in [0.25, 0.3) is 0 Å². The minimum absolute atomic E-state index is 0.130. The largest absolute Gasteiger partial charge is 0.391 e. The summed E-state index contributed by atoms with van der Waals surface area (Å²) in [4.78, 5) is -0.673. The zero-order valence-corrected chi connectivity index (χ0v) is 12.2. The number of nitrogens with zero attached hydrogens (tertiary/aromatic N) is 1. The summed E-state index contributed by atoms with van der Waals surface area (Å²) in [5.74, 6) is -2.26. The summed E-state index contributed by atoms with van der Waals surface area (Å²) in [6.07, 6.45) is 0. The van der Waals surface area contributed by atoms with Crippen LogP contribution in [0.5, 0.6) is 0 Å². The highest BCUT2D eigenvalue weighted by Gasteiger charge is 2.30. The normalized spacial score (nSPS) is 13.8. The van der Waals surface area contributed by atoms with Crippen molar-refractivity contribution in [2.45, 2.75) is 24.5 Å². The Morgan fingerprint density at radius 3 is 2.50 bits per heavy atom. The second-order valence-electron chi connectivity index (χ2n) is 4.32. The minimum Gasteiger partial charge on any atom is -0.391 e. The van der Waals surface area contributed by atoms with Crippen LogP contribution in [0.15, 0.2) is 17.0 Å². The molecular weight excluding hydrogens is 292 g/mol. The van der Waals surface area contributed by atoms with Gasteiger partial charge < -0.3 is 9.84 Å². The van der Waals surface area contributed by atoms with Gasteiger partial charge in [0.2, 0.25) is 10.0 Å². The Labute approximate surface area is 116 Å². The lowest BCUT2D eigenvalue weighted by atomic mass is 10.2. The quantitative estimate of drug-likeness (QED) is 0.855. The van der Waals surface area contributed by atoms with Gasteiger partial charge >= 0.3 is 0 Å². The number of halogens is 2. The molecule has 20 heavy (non-hydrogen) atoms. The molecule has 1 unspecified atom stereocenters. The maximum atomic E-state index is 14.0. The third-order valence-corrected chi connectivity index (χ3v) is 4.98. The van der Waals surface area contributed by atoms with Crippen LogP contribution >= 0.6 is 0 Å². The average molecular weight is 309 g/mol. The van der Waals surface area contributed by atoms with E-state index in [0.29, 0.717) is 0 Å². The van der Waals surface area contributed by atoms with Gasteiger partial charge in [0.15, 0.2) is 5.82 Å². The average Bonchev–Trinajstić information content (AvgIpc) is 2.38. The second-order valence-corrected chi connectivity index (χ2v) is 6.29. The highest BCUT2D eigenvalue weighted by Crippen LogP contribution is 2.24. The first-order valence-corrected chi connectivity index (χ1v) is 7.26. The summed E-state index contributed by atoms with van der Waals surface area (Å²) in [6.45, 7) is 0.805. The molecule has 0 saturated carbocycles. The molecular formula is C12H17F2NO4S. The van der Waals surface area contributed by atoms with Gasteiger partial charge in [-0.1, -0.05) is 0 Å². The molecule has 0 radical (unpaired) electrons. The molecule has 0 heterocycles. The molecule has 1 atom stereocenters. The van der Waals surface area contributed by atoms with E-state index >= 15 is 0 Å². The first-order valence-electron chi connectivity index (χ1n) is 5.82. The molecule has 1 N–H and O–H groups in total. The minimum atomic E-state index is -4.14. The fourth-order valence-electron chi connectivity index (χ4n) is 1.66. The number of sulfonamides is 1. The molecule has 0 saturated heterocycles. The van der Waals surface area contributed by atoms with Crippen molar-refractivity contribution in [3.05, 3.63) is 29.3 Å². The number of ether oxygens (including phenoxy) is 1. The number of hydrogen-bond acceptors (Lipinski definition) is 4. The van der Waals surface area contributed by atoms with Crippen LogP contribution in [-0.4, -0.2) is 44.6 Å². The molecule has 5 nitrogen and oxygen atoms in total. The topological polar surface area (TPSA) is 66.8 Å². The number of aliphatic hydroxyl groups is 1. The van der Waals surface area contributed by atoms with Crippen molar-refractivity contribution in [1.82, 2.24) is 4.31 Å². The van der Waals surface area contributed by atoms with Crippen molar-refractivity contribution >= 4 is 10.0 Å². The third kappa shape index (κ3) is 3.14. The van der Waals surface area contributed by atoms with Crippen molar-refractivity contribution in [1.29, 1.82) is 0 Å². The predicted molar refractivity (Wildman–Crippen MR) is 68.6 cm³/mol. The molecule has 0 aliphatic rings. The molecule has 0 bridgehead atoms. The summed E-state index contributed by atoms with van der Waals surface area (Å²) in [6, 6.07) is 1.14. The van der Waals surface area contributed by atoms with Crippen molar-refractivity contribution in [3.8, 4) is 0 Å². The molecule has 0 fully saturated rings. The van der Waals surface area contributed by atoms with Gasteiger partial charge in [-0.05, 0) is 19.1 Å². The Morgan fingerprint density at radius 1 is 1.40 bits per heavy atom. The standard InChI is InChI=1S/C12H17F2NO4S/c1-8(7-19-3)15(2)20(17,18)11-5-4-10(13)9(6-16)12(11)14/h4-5,8,16H,6-7H2,1-3H3. The lowest BCUT2D eigenvalue weighted by molar-refractivity contribution is 0.149. The van der Waals surface area contributed by atoms with Gasteiger partial charge in [0, 0.05) is 20.2 Å². The number of methoxy groups -OCH3 is 1. The molecule has 0 spiro atoms. The summed E-state index contributed by atoms with van der Waals surface area (Å²) in [7, 11) is -1.45. The van der Waals surface area contributed by atoms with E-state index in [2.05, 4.69) is 0 Å². The fourth-order valence-corrected chi connectivity index (χ4v) is 3.09. The van der Waals surface area contributed by atoms with Crippen LogP contribution in [0.2, 0.25) is 0 Å². The van der Waals surface area contributed by atoms with Gasteiger partial charge in [0.05, 0.1) is 18.8 Å². The SMILES string of the molecule is COCC(C)N(C)S(=O)(=O)c1ccc(F)c(CO)c1F. The van der Waals surface area contributed by atoms with Gasteiger partial charge in [-0.3, -0.25) is 0 Å². The highest BCUT2D eigenvalue weighted by molar-refractivity contribution is 7.89. The van der Waals surface area contributed by atoms with Gasteiger partial charge in [-0.15, -0.1) is 0 Å². The van der Waals surface area contributed by atoms with Crippen LogP contribution in [0.3, 0.4) is 0 Å². The van der Waals surface area contributed by atoms with E-state index in [1.54, 1.807) is 6.92 Å². The summed E-state index contributed by atoms with van der Waals surface area (Å²) in [5, 5.41) is 8.91.